The summed E-state index contributed by atoms with van der Waals surface area (Å²) in [5.74, 6) is 0.0375. The van der Waals surface area contributed by atoms with E-state index < -0.39 is 11.6 Å². The molecule has 0 aromatic carbocycles. The number of aromatic nitrogens is 1. The number of ether oxygens (including phenoxy) is 2. The zero-order valence-electron chi connectivity index (χ0n) is 12.0. The van der Waals surface area contributed by atoms with Crippen molar-refractivity contribution < 1.29 is 19.1 Å². The standard InChI is InChI=1S/C13H16BrN3O4/c1-13(7-20-2)11(18)17(12(19)16-13)6-8-4-9(14)5-15-10(8)21-3/h4-5H,6-7H2,1-3H3,(H,16,19). The third kappa shape index (κ3) is 3.01. The highest BCUT2D eigenvalue weighted by Gasteiger charge is 2.48. The van der Waals surface area contributed by atoms with Crippen molar-refractivity contribution in [3.63, 3.8) is 0 Å². The molecule has 1 unspecified atom stereocenters. The molecule has 1 aromatic heterocycles. The quantitative estimate of drug-likeness (QED) is 0.803. The van der Waals surface area contributed by atoms with Crippen LogP contribution < -0.4 is 10.1 Å². The summed E-state index contributed by atoms with van der Waals surface area (Å²) in [6, 6.07) is 1.31. The van der Waals surface area contributed by atoms with Crippen molar-refractivity contribution in [2.45, 2.75) is 19.0 Å². The fraction of sp³-hybridized carbons (Fsp3) is 0.462. The highest BCUT2D eigenvalue weighted by atomic mass is 79.9. The van der Waals surface area contributed by atoms with Crippen LogP contribution in [-0.2, 0) is 16.1 Å². The van der Waals surface area contributed by atoms with E-state index in [1.54, 1.807) is 19.2 Å². The number of carbonyl (C=O) groups excluding carboxylic acids is 2. The Morgan fingerprint density at radius 2 is 2.14 bits per heavy atom. The first-order valence-electron chi connectivity index (χ1n) is 6.22. The number of imide groups is 1. The van der Waals surface area contributed by atoms with Crippen LogP contribution in [0.3, 0.4) is 0 Å². The lowest BCUT2D eigenvalue weighted by Crippen LogP contribution is -2.47. The van der Waals surface area contributed by atoms with Gasteiger partial charge in [0.1, 0.15) is 5.54 Å². The summed E-state index contributed by atoms with van der Waals surface area (Å²) in [6.45, 7) is 1.83. The Hall–Kier alpha value is -1.67. The van der Waals surface area contributed by atoms with E-state index in [0.717, 1.165) is 9.37 Å². The summed E-state index contributed by atoms with van der Waals surface area (Å²) >= 11 is 3.31. The Morgan fingerprint density at radius 3 is 2.76 bits per heavy atom. The van der Waals surface area contributed by atoms with E-state index in [1.807, 2.05) is 0 Å². The zero-order chi connectivity index (χ0) is 15.6. The van der Waals surface area contributed by atoms with Gasteiger partial charge in [-0.25, -0.2) is 9.78 Å². The van der Waals surface area contributed by atoms with E-state index in [-0.39, 0.29) is 19.1 Å². The molecule has 7 nitrogen and oxygen atoms in total. The fourth-order valence-corrected chi connectivity index (χ4v) is 2.59. The van der Waals surface area contributed by atoms with E-state index in [4.69, 9.17) is 9.47 Å². The Balaban J connectivity index is 2.26. The number of methoxy groups -OCH3 is 2. The second-order valence-electron chi connectivity index (χ2n) is 4.91. The normalized spacial score (nSPS) is 21.6. The fourth-order valence-electron chi connectivity index (χ4n) is 2.21. The summed E-state index contributed by atoms with van der Waals surface area (Å²) in [4.78, 5) is 29.7. The van der Waals surface area contributed by atoms with Crippen molar-refractivity contribution in [2.75, 3.05) is 20.8 Å². The van der Waals surface area contributed by atoms with Crippen LogP contribution in [0.1, 0.15) is 12.5 Å². The van der Waals surface area contributed by atoms with E-state index in [2.05, 4.69) is 26.2 Å². The third-order valence-electron chi connectivity index (χ3n) is 3.19. The number of pyridine rings is 1. The first-order valence-corrected chi connectivity index (χ1v) is 7.02. The Morgan fingerprint density at radius 1 is 1.43 bits per heavy atom. The molecule has 114 valence electrons. The summed E-state index contributed by atoms with van der Waals surface area (Å²) in [5, 5.41) is 2.64. The zero-order valence-corrected chi connectivity index (χ0v) is 13.6. The lowest BCUT2D eigenvalue weighted by molar-refractivity contribution is -0.132. The second kappa shape index (κ2) is 5.98. The molecule has 0 radical (unpaired) electrons. The number of halogens is 1. The average molecular weight is 358 g/mol. The maximum absolute atomic E-state index is 12.4. The number of carbonyl (C=O) groups is 2. The number of urea groups is 1. The average Bonchev–Trinajstić information content (AvgIpc) is 2.63. The predicted octanol–water partition coefficient (Wildman–Crippen LogP) is 1.31. The van der Waals surface area contributed by atoms with Crippen molar-refractivity contribution in [2.24, 2.45) is 0 Å². The van der Waals surface area contributed by atoms with Crippen LogP contribution in [0, 0.1) is 0 Å². The minimum Gasteiger partial charge on any atom is -0.481 e. The molecule has 2 rings (SSSR count). The third-order valence-corrected chi connectivity index (χ3v) is 3.63. The molecule has 3 amide bonds. The van der Waals surface area contributed by atoms with Crippen molar-refractivity contribution in [3.05, 3.63) is 22.3 Å². The number of nitrogens with one attached hydrogen (secondary N) is 1. The highest BCUT2D eigenvalue weighted by Crippen LogP contribution is 2.25. The number of nitrogens with zero attached hydrogens (tertiary/aromatic N) is 2. The Labute approximate surface area is 130 Å². The summed E-state index contributed by atoms with van der Waals surface area (Å²) < 4.78 is 10.9. The molecule has 0 saturated carbocycles. The van der Waals surface area contributed by atoms with Crippen molar-refractivity contribution in [3.8, 4) is 5.88 Å². The lowest BCUT2D eigenvalue weighted by Gasteiger charge is -2.20. The van der Waals surface area contributed by atoms with Gasteiger partial charge in [0.25, 0.3) is 5.91 Å². The smallest absolute Gasteiger partial charge is 0.325 e. The SMILES string of the molecule is COCC1(C)NC(=O)N(Cc2cc(Br)cnc2OC)C1=O. The van der Waals surface area contributed by atoms with Crippen LogP contribution in [-0.4, -0.2) is 48.2 Å². The molecule has 1 saturated heterocycles. The summed E-state index contributed by atoms with van der Waals surface area (Å²) in [7, 11) is 2.97. The monoisotopic (exact) mass is 357 g/mol. The minimum atomic E-state index is -1.04. The maximum Gasteiger partial charge on any atom is 0.325 e. The van der Waals surface area contributed by atoms with Gasteiger partial charge < -0.3 is 14.8 Å². The minimum absolute atomic E-state index is 0.0829. The van der Waals surface area contributed by atoms with Gasteiger partial charge in [-0.1, -0.05) is 0 Å². The highest BCUT2D eigenvalue weighted by molar-refractivity contribution is 9.10. The van der Waals surface area contributed by atoms with Gasteiger partial charge in [-0.15, -0.1) is 0 Å². The van der Waals surface area contributed by atoms with E-state index in [9.17, 15) is 9.59 Å². The first kappa shape index (κ1) is 15.7. The molecule has 21 heavy (non-hydrogen) atoms. The van der Waals surface area contributed by atoms with Crippen molar-refractivity contribution in [1.82, 2.24) is 15.2 Å². The molecule has 1 N–H and O–H groups in total. The maximum atomic E-state index is 12.4. The van der Waals surface area contributed by atoms with E-state index >= 15 is 0 Å². The Kier molecular flexibility index (Phi) is 4.48. The van der Waals surface area contributed by atoms with Crippen LogP contribution >= 0.6 is 15.9 Å². The Bertz CT molecular complexity index is 581. The molecule has 0 aliphatic carbocycles. The van der Waals surface area contributed by atoms with Crippen LogP contribution in [0.15, 0.2) is 16.7 Å². The van der Waals surface area contributed by atoms with Gasteiger partial charge in [-0.3, -0.25) is 9.69 Å². The topological polar surface area (TPSA) is 80.8 Å². The van der Waals surface area contributed by atoms with Crippen LogP contribution in [0.25, 0.3) is 0 Å². The molecule has 1 aliphatic rings. The molecule has 1 atom stereocenters. The van der Waals surface area contributed by atoms with Gasteiger partial charge in [0.2, 0.25) is 5.88 Å². The molecule has 0 spiro atoms. The molecular formula is C13H16BrN3O4. The molecule has 1 fully saturated rings. The van der Waals surface area contributed by atoms with Gasteiger partial charge >= 0.3 is 6.03 Å². The molecular weight excluding hydrogens is 342 g/mol. The first-order chi connectivity index (χ1) is 9.91. The van der Waals surface area contributed by atoms with Gasteiger partial charge in [-0.05, 0) is 28.9 Å². The van der Waals surface area contributed by atoms with E-state index in [0.29, 0.717) is 11.4 Å². The van der Waals surface area contributed by atoms with Crippen LogP contribution in [0.5, 0.6) is 5.88 Å². The molecule has 0 bridgehead atoms. The van der Waals surface area contributed by atoms with Gasteiger partial charge in [-0.2, -0.15) is 0 Å². The lowest BCUT2D eigenvalue weighted by atomic mass is 10.0. The number of amides is 3. The van der Waals surface area contributed by atoms with Gasteiger partial charge in [0, 0.05) is 23.3 Å². The molecule has 8 heteroatoms. The largest absolute Gasteiger partial charge is 0.481 e. The van der Waals surface area contributed by atoms with Gasteiger partial charge in [0.15, 0.2) is 0 Å². The molecule has 1 aromatic rings. The number of hydrogen-bond donors (Lipinski definition) is 1. The van der Waals surface area contributed by atoms with Gasteiger partial charge in [0.05, 0.1) is 20.3 Å². The molecule has 1 aliphatic heterocycles. The number of hydrogen-bond acceptors (Lipinski definition) is 5. The van der Waals surface area contributed by atoms with E-state index in [1.165, 1.54) is 14.2 Å². The van der Waals surface area contributed by atoms with Crippen LogP contribution in [0.4, 0.5) is 4.79 Å². The number of rotatable bonds is 5. The predicted molar refractivity (Wildman–Crippen MR) is 77.9 cm³/mol. The van der Waals surface area contributed by atoms with Crippen LogP contribution in [0.2, 0.25) is 0 Å². The molecule has 2 heterocycles. The summed E-state index contributed by atoms with van der Waals surface area (Å²) in [5.41, 5.74) is -0.407. The van der Waals surface area contributed by atoms with Crippen molar-refractivity contribution >= 4 is 27.9 Å². The summed E-state index contributed by atoms with van der Waals surface area (Å²) in [6.07, 6.45) is 1.59. The second-order valence-corrected chi connectivity index (χ2v) is 5.82. The van der Waals surface area contributed by atoms with Crippen molar-refractivity contribution in [1.29, 1.82) is 0 Å².